The summed E-state index contributed by atoms with van der Waals surface area (Å²) in [4.78, 5) is 11.1. The lowest BCUT2D eigenvalue weighted by molar-refractivity contribution is 0.0692. The standard InChI is InChI=1S/C17H18BrNO4S/c1-2-3-8-13-9-4-6-11-15(13)19(18)24(22,23)16-12-7-5-10-14(16)17(20)21/h4-7,9-12H,2-3,8H2,1H3,(H,20,21). The van der Waals surface area contributed by atoms with Gasteiger partial charge in [-0.1, -0.05) is 43.7 Å². The summed E-state index contributed by atoms with van der Waals surface area (Å²) < 4.78 is 26.8. The number of sulfonamides is 1. The van der Waals surface area contributed by atoms with Gasteiger partial charge in [-0.25, -0.2) is 13.2 Å². The molecular weight excluding hydrogens is 394 g/mol. The van der Waals surface area contributed by atoms with Gasteiger partial charge in [0, 0.05) is 0 Å². The van der Waals surface area contributed by atoms with E-state index in [1.165, 1.54) is 24.3 Å². The van der Waals surface area contributed by atoms with Crippen LogP contribution in [-0.4, -0.2) is 19.5 Å². The fraction of sp³-hybridized carbons (Fsp3) is 0.235. The smallest absolute Gasteiger partial charge is 0.337 e. The lowest BCUT2D eigenvalue weighted by Gasteiger charge is -2.20. The van der Waals surface area contributed by atoms with Gasteiger partial charge in [0.25, 0.3) is 10.0 Å². The Labute approximate surface area is 150 Å². The monoisotopic (exact) mass is 411 g/mol. The Kier molecular flexibility index (Phi) is 6.01. The number of benzene rings is 2. The van der Waals surface area contributed by atoms with Crippen LogP contribution in [0.4, 0.5) is 5.69 Å². The van der Waals surface area contributed by atoms with E-state index in [2.05, 4.69) is 23.1 Å². The van der Waals surface area contributed by atoms with Crippen LogP contribution >= 0.6 is 16.1 Å². The zero-order valence-corrected chi connectivity index (χ0v) is 15.5. The second kappa shape index (κ2) is 7.81. The van der Waals surface area contributed by atoms with Crippen molar-refractivity contribution in [1.82, 2.24) is 0 Å². The molecule has 1 N–H and O–H groups in total. The first-order valence-electron chi connectivity index (χ1n) is 7.51. The Morgan fingerprint density at radius 3 is 2.42 bits per heavy atom. The molecule has 2 aromatic carbocycles. The van der Waals surface area contributed by atoms with Crippen LogP contribution in [0.25, 0.3) is 0 Å². The minimum atomic E-state index is -4.05. The maximum atomic E-state index is 12.9. The van der Waals surface area contributed by atoms with Gasteiger partial charge in [0.1, 0.15) is 4.90 Å². The van der Waals surface area contributed by atoms with Crippen LogP contribution in [-0.2, 0) is 16.4 Å². The number of carboxylic acids is 1. The zero-order chi connectivity index (χ0) is 17.7. The summed E-state index contributed by atoms with van der Waals surface area (Å²) in [6.45, 7) is 2.06. The fourth-order valence-corrected chi connectivity index (χ4v) is 4.45. The number of hydrogen-bond acceptors (Lipinski definition) is 3. The number of hydrogen-bond donors (Lipinski definition) is 1. The number of unbranched alkanes of at least 4 members (excludes halogenated alkanes) is 1. The minimum absolute atomic E-state index is 0.250. The molecule has 0 aliphatic heterocycles. The quantitative estimate of drug-likeness (QED) is 0.691. The van der Waals surface area contributed by atoms with Crippen LogP contribution in [0, 0.1) is 0 Å². The predicted octanol–water partition coefficient (Wildman–Crippen LogP) is 4.23. The first-order valence-corrected chi connectivity index (χ1v) is 9.66. The largest absolute Gasteiger partial charge is 0.478 e. The summed E-state index contributed by atoms with van der Waals surface area (Å²) in [7, 11) is -4.05. The number of rotatable bonds is 7. The summed E-state index contributed by atoms with van der Waals surface area (Å²) >= 11 is 3.12. The van der Waals surface area contributed by atoms with Gasteiger partial charge in [-0.3, -0.25) is 0 Å². The zero-order valence-electron chi connectivity index (χ0n) is 13.1. The Hall–Kier alpha value is -1.86. The lowest BCUT2D eigenvalue weighted by Crippen LogP contribution is -2.24. The van der Waals surface area contributed by atoms with E-state index in [-0.39, 0.29) is 10.5 Å². The lowest BCUT2D eigenvalue weighted by atomic mass is 10.1. The van der Waals surface area contributed by atoms with Gasteiger partial charge >= 0.3 is 5.97 Å². The van der Waals surface area contributed by atoms with Gasteiger partial charge in [-0.05, 0) is 36.6 Å². The summed E-state index contributed by atoms with van der Waals surface area (Å²) in [5.74, 6) is -1.28. The van der Waals surface area contributed by atoms with Crippen molar-refractivity contribution in [2.24, 2.45) is 0 Å². The first kappa shape index (κ1) is 18.5. The van der Waals surface area contributed by atoms with Crippen molar-refractivity contribution in [1.29, 1.82) is 0 Å². The Morgan fingerprint density at radius 2 is 1.75 bits per heavy atom. The summed E-state index contributed by atoms with van der Waals surface area (Å²) in [6.07, 6.45) is 2.67. The molecule has 0 atom stereocenters. The topological polar surface area (TPSA) is 74.7 Å². The molecule has 0 saturated heterocycles. The predicted molar refractivity (Wildman–Crippen MR) is 97.0 cm³/mol. The number of aryl methyl sites for hydroxylation is 1. The van der Waals surface area contributed by atoms with E-state index < -0.39 is 16.0 Å². The Balaban J connectivity index is 2.50. The molecule has 24 heavy (non-hydrogen) atoms. The summed E-state index contributed by atoms with van der Waals surface area (Å²) in [5, 5.41) is 9.25. The van der Waals surface area contributed by atoms with Crippen molar-refractivity contribution >= 4 is 37.8 Å². The summed E-state index contributed by atoms with van der Waals surface area (Å²) in [5.41, 5.74) is 1.12. The number of carbonyl (C=O) groups is 1. The molecule has 0 saturated carbocycles. The van der Waals surface area contributed by atoms with Crippen LogP contribution in [0.2, 0.25) is 0 Å². The number of nitrogens with zero attached hydrogens (tertiary/aromatic N) is 1. The van der Waals surface area contributed by atoms with E-state index in [1.54, 1.807) is 12.1 Å². The van der Waals surface area contributed by atoms with Gasteiger partial charge in [0.2, 0.25) is 0 Å². The highest BCUT2D eigenvalue weighted by Crippen LogP contribution is 2.32. The van der Waals surface area contributed by atoms with Gasteiger partial charge in [-0.2, -0.15) is 3.33 Å². The van der Waals surface area contributed by atoms with Crippen molar-refractivity contribution in [3.8, 4) is 0 Å². The van der Waals surface area contributed by atoms with Crippen molar-refractivity contribution in [2.45, 2.75) is 31.1 Å². The average Bonchev–Trinajstić information content (AvgIpc) is 2.59. The molecular formula is C17H18BrNO4S. The SMILES string of the molecule is CCCCc1ccccc1N(Br)S(=O)(=O)c1ccccc1C(=O)O. The van der Waals surface area contributed by atoms with E-state index in [0.717, 1.165) is 28.2 Å². The van der Waals surface area contributed by atoms with E-state index in [0.29, 0.717) is 5.69 Å². The van der Waals surface area contributed by atoms with E-state index in [9.17, 15) is 18.3 Å². The molecule has 0 fully saturated rings. The molecule has 0 amide bonds. The van der Waals surface area contributed by atoms with Gasteiger partial charge in [0.05, 0.1) is 27.4 Å². The molecule has 0 radical (unpaired) electrons. The molecule has 128 valence electrons. The van der Waals surface area contributed by atoms with Gasteiger partial charge in [0.15, 0.2) is 0 Å². The maximum absolute atomic E-state index is 12.9. The van der Waals surface area contributed by atoms with Crippen molar-refractivity contribution in [3.05, 3.63) is 59.7 Å². The number of anilines is 1. The highest BCUT2D eigenvalue weighted by Gasteiger charge is 2.29. The van der Waals surface area contributed by atoms with E-state index in [4.69, 9.17) is 0 Å². The highest BCUT2D eigenvalue weighted by atomic mass is 79.9. The van der Waals surface area contributed by atoms with E-state index >= 15 is 0 Å². The maximum Gasteiger partial charge on any atom is 0.337 e. The fourth-order valence-electron chi connectivity index (χ4n) is 2.35. The molecule has 2 rings (SSSR count). The van der Waals surface area contributed by atoms with Crippen molar-refractivity contribution in [2.75, 3.05) is 3.33 Å². The molecule has 0 heterocycles. The van der Waals surface area contributed by atoms with Crippen LogP contribution in [0.1, 0.15) is 35.7 Å². The highest BCUT2D eigenvalue weighted by molar-refractivity contribution is 9.11. The Bertz CT molecular complexity index is 836. The van der Waals surface area contributed by atoms with Gasteiger partial charge < -0.3 is 5.11 Å². The number of carboxylic acid groups (broad SMARTS) is 1. The third-order valence-electron chi connectivity index (χ3n) is 3.59. The molecule has 0 bridgehead atoms. The molecule has 0 unspecified atom stereocenters. The third kappa shape index (κ3) is 3.79. The normalized spacial score (nSPS) is 11.2. The van der Waals surface area contributed by atoms with Crippen molar-refractivity contribution < 1.29 is 18.3 Å². The summed E-state index contributed by atoms with van der Waals surface area (Å²) in [6, 6.07) is 12.7. The molecule has 0 aliphatic rings. The molecule has 0 aromatic heterocycles. The number of para-hydroxylation sites is 1. The van der Waals surface area contributed by atoms with Crippen LogP contribution < -0.4 is 3.33 Å². The van der Waals surface area contributed by atoms with Crippen LogP contribution in [0.3, 0.4) is 0 Å². The van der Waals surface area contributed by atoms with Crippen molar-refractivity contribution in [3.63, 3.8) is 0 Å². The molecule has 2 aromatic rings. The molecule has 5 nitrogen and oxygen atoms in total. The van der Waals surface area contributed by atoms with Gasteiger partial charge in [-0.15, -0.1) is 0 Å². The molecule has 0 aliphatic carbocycles. The van der Waals surface area contributed by atoms with E-state index in [1.807, 2.05) is 12.1 Å². The first-order chi connectivity index (χ1) is 11.4. The second-order valence-electron chi connectivity index (χ2n) is 5.25. The number of halogens is 1. The number of aromatic carboxylic acids is 1. The van der Waals surface area contributed by atoms with Crippen LogP contribution in [0.5, 0.6) is 0 Å². The molecule has 0 spiro atoms. The second-order valence-corrected chi connectivity index (χ2v) is 8.19. The molecule has 7 heteroatoms. The van der Waals surface area contributed by atoms with Crippen LogP contribution in [0.15, 0.2) is 53.4 Å². The minimum Gasteiger partial charge on any atom is -0.478 e. The third-order valence-corrected chi connectivity index (χ3v) is 6.64. The Morgan fingerprint density at radius 1 is 1.12 bits per heavy atom. The average molecular weight is 412 g/mol.